The monoisotopic (exact) mass is 304 g/mol. The first kappa shape index (κ1) is 11.7. The number of benzene rings is 1. The lowest BCUT2D eigenvalue weighted by Gasteiger charge is -2.16. The minimum Gasteiger partial charge on any atom is -0.439 e. The van der Waals surface area contributed by atoms with Gasteiger partial charge in [0.15, 0.2) is 0 Å². The number of rotatable bonds is 2. The number of fused-ring (bicyclic) bond motifs is 1. The van der Waals surface area contributed by atoms with Gasteiger partial charge >= 0.3 is 0 Å². The molecule has 2 aromatic rings. The van der Waals surface area contributed by atoms with Crippen molar-refractivity contribution in [2.45, 2.75) is 25.7 Å². The molecule has 0 atom stereocenters. The Kier molecular flexibility index (Phi) is 3.28. The minimum absolute atomic E-state index is 0.563. The predicted octanol–water partition coefficient (Wildman–Crippen LogP) is 3.91. The van der Waals surface area contributed by atoms with Crippen molar-refractivity contribution in [3.8, 4) is 11.6 Å². The first-order valence-electron chi connectivity index (χ1n) is 6.08. The Labute approximate surface area is 114 Å². The molecule has 1 aromatic heterocycles. The average Bonchev–Trinajstić information content (AvgIpc) is 2.39. The van der Waals surface area contributed by atoms with Gasteiger partial charge in [0.05, 0.1) is 0 Å². The lowest BCUT2D eigenvalue weighted by atomic mass is 9.92. The molecule has 18 heavy (non-hydrogen) atoms. The summed E-state index contributed by atoms with van der Waals surface area (Å²) < 4.78 is 6.47. The molecule has 0 unspecified atom stereocenters. The van der Waals surface area contributed by atoms with Crippen LogP contribution in [0.15, 0.2) is 35.2 Å². The molecule has 4 heteroatoms. The van der Waals surface area contributed by atoms with Crippen molar-refractivity contribution in [3.63, 3.8) is 0 Å². The second kappa shape index (κ2) is 5.06. The number of aryl methyl sites for hydroxylation is 2. The second-order valence-electron chi connectivity index (χ2n) is 4.42. The van der Waals surface area contributed by atoms with Gasteiger partial charge in [-0.1, -0.05) is 6.07 Å². The summed E-state index contributed by atoms with van der Waals surface area (Å²) in [5, 5.41) is 0. The van der Waals surface area contributed by atoms with Crippen LogP contribution in [0.1, 0.15) is 24.0 Å². The molecule has 0 bridgehead atoms. The molecule has 0 N–H and O–H groups in total. The van der Waals surface area contributed by atoms with Crippen LogP contribution in [0, 0.1) is 0 Å². The molecule has 1 aliphatic carbocycles. The zero-order valence-corrected chi connectivity index (χ0v) is 11.5. The molecule has 0 amide bonds. The Morgan fingerprint density at radius 1 is 1.00 bits per heavy atom. The molecule has 1 aliphatic rings. The van der Waals surface area contributed by atoms with E-state index in [0.717, 1.165) is 16.8 Å². The van der Waals surface area contributed by atoms with Crippen molar-refractivity contribution in [2.75, 3.05) is 0 Å². The van der Waals surface area contributed by atoms with E-state index >= 15 is 0 Å². The van der Waals surface area contributed by atoms with E-state index in [1.165, 1.54) is 36.7 Å². The smallest absolute Gasteiger partial charge is 0.223 e. The van der Waals surface area contributed by atoms with E-state index in [9.17, 15) is 0 Å². The van der Waals surface area contributed by atoms with E-state index in [0.29, 0.717) is 5.88 Å². The summed E-state index contributed by atoms with van der Waals surface area (Å²) in [5.74, 6) is 1.41. The molecular weight excluding hydrogens is 292 g/mol. The van der Waals surface area contributed by atoms with Crippen LogP contribution in [-0.2, 0) is 12.8 Å². The summed E-state index contributed by atoms with van der Waals surface area (Å²) in [6.45, 7) is 0. The summed E-state index contributed by atoms with van der Waals surface area (Å²) in [5.41, 5.74) is 2.87. The molecule has 0 radical (unpaired) electrons. The Morgan fingerprint density at radius 3 is 2.67 bits per heavy atom. The highest BCUT2D eigenvalue weighted by molar-refractivity contribution is 9.10. The molecule has 3 nitrogen and oxygen atoms in total. The first-order chi connectivity index (χ1) is 8.81. The molecule has 0 fully saturated rings. The van der Waals surface area contributed by atoms with Gasteiger partial charge in [-0.05, 0) is 64.9 Å². The number of hydrogen-bond donors (Lipinski definition) is 0. The summed E-state index contributed by atoms with van der Waals surface area (Å²) in [6, 6.07) is 8.07. The normalized spacial score (nSPS) is 14.1. The van der Waals surface area contributed by atoms with E-state index in [1.54, 1.807) is 6.07 Å². The standard InChI is InChI=1S/C14H13BrN2O/c15-13-8-14(17-9-16-13)18-12-6-5-10-3-1-2-4-11(10)7-12/h5-9H,1-4H2. The third-order valence-electron chi connectivity index (χ3n) is 3.15. The van der Waals surface area contributed by atoms with Crippen LogP contribution in [-0.4, -0.2) is 9.97 Å². The van der Waals surface area contributed by atoms with Crippen molar-refractivity contribution in [3.05, 3.63) is 46.3 Å². The summed E-state index contributed by atoms with van der Waals surface area (Å²) in [4.78, 5) is 8.06. The van der Waals surface area contributed by atoms with Crippen LogP contribution < -0.4 is 4.74 Å². The molecule has 3 rings (SSSR count). The number of halogens is 1. The van der Waals surface area contributed by atoms with E-state index in [4.69, 9.17) is 4.74 Å². The number of ether oxygens (including phenoxy) is 1. The average molecular weight is 305 g/mol. The minimum atomic E-state index is 0.563. The van der Waals surface area contributed by atoms with Crippen LogP contribution in [0.2, 0.25) is 0 Å². The van der Waals surface area contributed by atoms with Crippen LogP contribution in [0.25, 0.3) is 0 Å². The van der Waals surface area contributed by atoms with Crippen LogP contribution in [0.4, 0.5) is 0 Å². The van der Waals surface area contributed by atoms with Gasteiger partial charge in [0.25, 0.3) is 0 Å². The third kappa shape index (κ3) is 2.53. The van der Waals surface area contributed by atoms with Gasteiger partial charge in [-0.15, -0.1) is 0 Å². The Hall–Kier alpha value is -1.42. The van der Waals surface area contributed by atoms with E-state index < -0.39 is 0 Å². The van der Waals surface area contributed by atoms with Crippen molar-refractivity contribution in [1.29, 1.82) is 0 Å². The fourth-order valence-electron chi connectivity index (χ4n) is 2.27. The fourth-order valence-corrected chi connectivity index (χ4v) is 2.55. The van der Waals surface area contributed by atoms with Crippen LogP contribution in [0.5, 0.6) is 11.6 Å². The first-order valence-corrected chi connectivity index (χ1v) is 6.88. The van der Waals surface area contributed by atoms with Gasteiger partial charge in [-0.2, -0.15) is 0 Å². The van der Waals surface area contributed by atoms with Gasteiger partial charge in [-0.25, -0.2) is 9.97 Å². The highest BCUT2D eigenvalue weighted by Crippen LogP contribution is 2.28. The van der Waals surface area contributed by atoms with Crippen molar-refractivity contribution in [2.24, 2.45) is 0 Å². The summed E-state index contributed by atoms with van der Waals surface area (Å²) >= 11 is 3.30. The molecule has 92 valence electrons. The third-order valence-corrected chi connectivity index (χ3v) is 3.58. The molecule has 1 heterocycles. The highest BCUT2D eigenvalue weighted by Gasteiger charge is 2.10. The maximum absolute atomic E-state index is 5.74. The highest BCUT2D eigenvalue weighted by atomic mass is 79.9. The van der Waals surface area contributed by atoms with Gasteiger partial charge < -0.3 is 4.74 Å². The SMILES string of the molecule is Brc1cc(Oc2ccc3c(c2)CCCC3)ncn1. The zero-order chi connectivity index (χ0) is 12.4. The van der Waals surface area contributed by atoms with Gasteiger partial charge in [0.1, 0.15) is 16.7 Å². The van der Waals surface area contributed by atoms with E-state index in [1.807, 2.05) is 6.07 Å². The van der Waals surface area contributed by atoms with Crippen LogP contribution in [0.3, 0.4) is 0 Å². The number of aromatic nitrogens is 2. The van der Waals surface area contributed by atoms with Crippen molar-refractivity contribution in [1.82, 2.24) is 9.97 Å². The number of nitrogens with zero attached hydrogens (tertiary/aromatic N) is 2. The van der Waals surface area contributed by atoms with E-state index in [2.05, 4.69) is 38.0 Å². The Morgan fingerprint density at radius 2 is 1.83 bits per heavy atom. The molecule has 1 aromatic carbocycles. The summed E-state index contributed by atoms with van der Waals surface area (Å²) in [6.07, 6.45) is 6.40. The lowest BCUT2D eigenvalue weighted by molar-refractivity contribution is 0.459. The summed E-state index contributed by atoms with van der Waals surface area (Å²) in [7, 11) is 0. The van der Waals surface area contributed by atoms with E-state index in [-0.39, 0.29) is 0 Å². The van der Waals surface area contributed by atoms with Crippen LogP contribution >= 0.6 is 15.9 Å². The molecule has 0 aliphatic heterocycles. The van der Waals surface area contributed by atoms with Gasteiger partial charge in [0, 0.05) is 6.07 Å². The van der Waals surface area contributed by atoms with Crippen molar-refractivity contribution >= 4 is 15.9 Å². The zero-order valence-electron chi connectivity index (χ0n) is 9.90. The molecule has 0 spiro atoms. The fraction of sp³-hybridized carbons (Fsp3) is 0.286. The Balaban J connectivity index is 1.85. The second-order valence-corrected chi connectivity index (χ2v) is 5.23. The lowest BCUT2D eigenvalue weighted by Crippen LogP contribution is -2.02. The predicted molar refractivity (Wildman–Crippen MR) is 72.9 cm³/mol. The Bertz CT molecular complexity index is 571. The van der Waals surface area contributed by atoms with Gasteiger partial charge in [0.2, 0.25) is 5.88 Å². The molecule has 0 saturated heterocycles. The molecule has 0 saturated carbocycles. The quantitative estimate of drug-likeness (QED) is 0.789. The maximum Gasteiger partial charge on any atom is 0.223 e. The molecular formula is C14H13BrN2O. The van der Waals surface area contributed by atoms with Gasteiger partial charge in [-0.3, -0.25) is 0 Å². The number of hydrogen-bond acceptors (Lipinski definition) is 3. The van der Waals surface area contributed by atoms with Crippen molar-refractivity contribution < 1.29 is 4.74 Å². The largest absolute Gasteiger partial charge is 0.439 e. The topological polar surface area (TPSA) is 35.0 Å². The maximum atomic E-state index is 5.74.